The summed E-state index contributed by atoms with van der Waals surface area (Å²) in [7, 11) is -1.95. The van der Waals surface area contributed by atoms with Crippen LogP contribution in [0.4, 0.5) is 0 Å². The second-order valence-corrected chi connectivity index (χ2v) is 9.99. The number of ether oxygens (including phenoxy) is 2. The van der Waals surface area contributed by atoms with Crippen LogP contribution in [0.1, 0.15) is 63.5 Å². The third kappa shape index (κ3) is 6.54. The van der Waals surface area contributed by atoms with Crippen molar-refractivity contribution in [2.24, 2.45) is 7.05 Å². The molecule has 2 rings (SSSR count). The van der Waals surface area contributed by atoms with Gasteiger partial charge < -0.3 is 18.9 Å². The van der Waals surface area contributed by atoms with Crippen LogP contribution in [0.25, 0.3) is 0 Å². The van der Waals surface area contributed by atoms with E-state index < -0.39 is 10.0 Å². The van der Waals surface area contributed by atoms with Gasteiger partial charge in [-0.15, -0.1) is 0 Å². The summed E-state index contributed by atoms with van der Waals surface area (Å²) in [5.74, 6) is 1.13. The quantitative estimate of drug-likeness (QED) is 0.392. The lowest BCUT2D eigenvalue weighted by molar-refractivity contribution is 0.0733. The lowest BCUT2D eigenvalue weighted by atomic mass is 10.1. The lowest BCUT2D eigenvalue weighted by Gasteiger charge is -2.23. The number of aryl methyl sites for hydroxylation is 1. The van der Waals surface area contributed by atoms with Crippen LogP contribution in [0.15, 0.2) is 35.4 Å². The van der Waals surface area contributed by atoms with E-state index in [0.29, 0.717) is 56.6 Å². The third-order valence-electron chi connectivity index (χ3n) is 5.47. The van der Waals surface area contributed by atoms with Crippen molar-refractivity contribution in [1.82, 2.24) is 13.8 Å². The van der Waals surface area contributed by atoms with Crippen molar-refractivity contribution in [2.45, 2.75) is 58.9 Å². The van der Waals surface area contributed by atoms with Gasteiger partial charge in [0.05, 0.1) is 13.2 Å². The number of aromatic nitrogens is 1. The summed E-state index contributed by atoms with van der Waals surface area (Å²) in [6.07, 6.45) is 3.18. The van der Waals surface area contributed by atoms with Gasteiger partial charge in [-0.05, 0) is 43.5 Å². The zero-order valence-electron chi connectivity index (χ0n) is 21.3. The van der Waals surface area contributed by atoms with Gasteiger partial charge in [-0.1, -0.05) is 33.8 Å². The molecule has 0 fully saturated rings. The molecule has 0 radical (unpaired) electrons. The van der Waals surface area contributed by atoms with Crippen LogP contribution in [-0.2, 0) is 23.6 Å². The van der Waals surface area contributed by atoms with Gasteiger partial charge in [-0.25, -0.2) is 8.42 Å². The Balaban J connectivity index is 2.33. The van der Waals surface area contributed by atoms with Crippen molar-refractivity contribution in [2.75, 3.05) is 32.8 Å². The Kier molecular flexibility index (Phi) is 10.4. The number of rotatable bonds is 14. The Morgan fingerprint density at radius 2 is 1.68 bits per heavy atom. The molecular weight excluding hydrogens is 454 g/mol. The number of benzene rings is 1. The Hall–Kier alpha value is -2.52. The van der Waals surface area contributed by atoms with Gasteiger partial charge in [-0.2, -0.15) is 4.31 Å². The molecular formula is C25H39N3O5S. The van der Waals surface area contributed by atoms with E-state index in [1.54, 1.807) is 30.4 Å². The molecule has 190 valence electrons. The Labute approximate surface area is 204 Å². The highest BCUT2D eigenvalue weighted by molar-refractivity contribution is 7.89. The van der Waals surface area contributed by atoms with Crippen LogP contribution in [0.2, 0.25) is 0 Å². The summed E-state index contributed by atoms with van der Waals surface area (Å²) in [6, 6.07) is 7.20. The topological polar surface area (TPSA) is 81.1 Å². The smallest absolute Gasteiger partial charge is 0.270 e. The second kappa shape index (κ2) is 12.8. The molecule has 2 aromatic rings. The summed E-state index contributed by atoms with van der Waals surface area (Å²) >= 11 is 0. The van der Waals surface area contributed by atoms with Crippen molar-refractivity contribution in [3.05, 3.63) is 41.7 Å². The van der Waals surface area contributed by atoms with E-state index in [4.69, 9.17) is 9.47 Å². The predicted molar refractivity (Wildman–Crippen MR) is 134 cm³/mol. The van der Waals surface area contributed by atoms with E-state index >= 15 is 0 Å². The zero-order valence-corrected chi connectivity index (χ0v) is 22.2. The molecule has 0 saturated carbocycles. The molecule has 0 unspecified atom stereocenters. The molecule has 0 aliphatic rings. The average molecular weight is 494 g/mol. The fourth-order valence-electron chi connectivity index (χ4n) is 3.76. The first kappa shape index (κ1) is 27.7. The average Bonchev–Trinajstić information content (AvgIpc) is 3.21. The maximum Gasteiger partial charge on any atom is 0.270 e. The normalized spacial score (nSPS) is 11.6. The van der Waals surface area contributed by atoms with Crippen LogP contribution in [0, 0.1) is 0 Å². The maximum atomic E-state index is 13.5. The highest BCUT2D eigenvalue weighted by Gasteiger charge is 2.27. The minimum absolute atomic E-state index is 0.134. The standard InChI is InChI=1S/C25H39N3O5S/c1-7-14-27(18-20-12-13-23(33-15-8-2)24(16-20)32-11-5)25(29)22-17-21(19-26(22)6)34(30,31)28(9-3)10-4/h12-13,16-17,19H,7-11,14-15,18H2,1-6H3. The lowest BCUT2D eigenvalue weighted by Crippen LogP contribution is -2.32. The molecule has 0 saturated heterocycles. The van der Waals surface area contributed by atoms with Crippen molar-refractivity contribution in [3.8, 4) is 11.5 Å². The highest BCUT2D eigenvalue weighted by atomic mass is 32.2. The molecule has 0 aliphatic heterocycles. The second-order valence-electron chi connectivity index (χ2n) is 8.05. The molecule has 34 heavy (non-hydrogen) atoms. The highest BCUT2D eigenvalue weighted by Crippen LogP contribution is 2.29. The minimum atomic E-state index is -3.65. The van der Waals surface area contributed by atoms with Gasteiger partial charge in [0.1, 0.15) is 10.6 Å². The summed E-state index contributed by atoms with van der Waals surface area (Å²) in [5, 5.41) is 0. The molecule has 0 spiro atoms. The van der Waals surface area contributed by atoms with Crippen molar-refractivity contribution < 1.29 is 22.7 Å². The number of nitrogens with zero attached hydrogens (tertiary/aromatic N) is 3. The molecule has 1 aromatic carbocycles. The molecule has 9 heteroatoms. The number of hydrogen-bond donors (Lipinski definition) is 0. The van der Waals surface area contributed by atoms with Gasteiger partial charge in [0.15, 0.2) is 11.5 Å². The zero-order chi connectivity index (χ0) is 25.3. The third-order valence-corrected chi connectivity index (χ3v) is 7.48. The molecule has 0 bridgehead atoms. The first-order valence-corrected chi connectivity index (χ1v) is 13.5. The first-order chi connectivity index (χ1) is 16.2. The van der Waals surface area contributed by atoms with Gasteiger partial charge in [0, 0.05) is 39.4 Å². The van der Waals surface area contributed by atoms with Gasteiger partial charge >= 0.3 is 0 Å². The van der Waals surface area contributed by atoms with Crippen molar-refractivity contribution >= 4 is 15.9 Å². The monoisotopic (exact) mass is 493 g/mol. The maximum absolute atomic E-state index is 13.5. The molecule has 1 amide bonds. The summed E-state index contributed by atoms with van der Waals surface area (Å²) in [6.45, 7) is 12.4. The minimum Gasteiger partial charge on any atom is -0.490 e. The van der Waals surface area contributed by atoms with E-state index in [9.17, 15) is 13.2 Å². The van der Waals surface area contributed by atoms with Crippen LogP contribution >= 0.6 is 0 Å². The van der Waals surface area contributed by atoms with Gasteiger partial charge in [0.2, 0.25) is 10.0 Å². The van der Waals surface area contributed by atoms with Crippen molar-refractivity contribution in [1.29, 1.82) is 0 Å². The van der Waals surface area contributed by atoms with Gasteiger partial charge in [0.25, 0.3) is 5.91 Å². The number of sulfonamides is 1. The Bertz CT molecular complexity index is 1040. The fraction of sp³-hybridized carbons (Fsp3) is 0.560. The number of hydrogen-bond acceptors (Lipinski definition) is 5. The first-order valence-electron chi connectivity index (χ1n) is 12.1. The van der Waals surface area contributed by atoms with E-state index in [1.807, 2.05) is 39.0 Å². The van der Waals surface area contributed by atoms with E-state index in [1.165, 1.54) is 16.6 Å². The van der Waals surface area contributed by atoms with Crippen molar-refractivity contribution in [3.63, 3.8) is 0 Å². The van der Waals surface area contributed by atoms with E-state index in [2.05, 4.69) is 0 Å². The molecule has 0 aliphatic carbocycles. The molecule has 1 aromatic heterocycles. The van der Waals surface area contributed by atoms with E-state index in [-0.39, 0.29) is 10.8 Å². The van der Waals surface area contributed by atoms with Crippen LogP contribution in [0.3, 0.4) is 0 Å². The SMILES string of the molecule is CCCOc1ccc(CN(CCC)C(=O)c2cc(S(=O)(=O)N(CC)CC)cn2C)cc1OCC. The molecule has 0 atom stereocenters. The van der Waals surface area contributed by atoms with Crippen LogP contribution in [0.5, 0.6) is 11.5 Å². The van der Waals surface area contributed by atoms with Crippen LogP contribution < -0.4 is 9.47 Å². The summed E-state index contributed by atoms with van der Waals surface area (Å²) in [5.41, 5.74) is 1.26. The molecule has 0 N–H and O–H groups in total. The Morgan fingerprint density at radius 3 is 2.26 bits per heavy atom. The largest absolute Gasteiger partial charge is 0.490 e. The molecule has 8 nitrogen and oxygen atoms in total. The summed E-state index contributed by atoms with van der Waals surface area (Å²) in [4.78, 5) is 15.3. The molecule has 1 heterocycles. The predicted octanol–water partition coefficient (Wildman–Crippen LogP) is 4.30. The number of amides is 1. The Morgan fingerprint density at radius 1 is 0.971 bits per heavy atom. The number of carbonyl (C=O) groups excluding carboxylic acids is 1. The number of carbonyl (C=O) groups is 1. The van der Waals surface area contributed by atoms with E-state index in [0.717, 1.165) is 18.4 Å². The fourth-order valence-corrected chi connectivity index (χ4v) is 5.29. The summed E-state index contributed by atoms with van der Waals surface area (Å²) < 4.78 is 40.4. The van der Waals surface area contributed by atoms with Crippen LogP contribution in [-0.4, -0.2) is 60.9 Å². The van der Waals surface area contributed by atoms with Gasteiger partial charge in [-0.3, -0.25) is 4.79 Å².